The number of sulfonamides is 1. The van der Waals surface area contributed by atoms with Crippen LogP contribution in [0, 0.1) is 5.92 Å². The van der Waals surface area contributed by atoms with Crippen LogP contribution >= 0.6 is 0 Å². The largest absolute Gasteiger partial charge is 0.274 e. The summed E-state index contributed by atoms with van der Waals surface area (Å²) >= 11 is 0. The summed E-state index contributed by atoms with van der Waals surface area (Å²) in [5, 5.41) is 11.9. The van der Waals surface area contributed by atoms with E-state index in [0.717, 1.165) is 0 Å². The minimum Gasteiger partial charge on any atom is -0.274 e. The lowest BCUT2D eigenvalue weighted by Crippen LogP contribution is -2.41. The summed E-state index contributed by atoms with van der Waals surface area (Å²) in [5.74, 6) is 0.104. The van der Waals surface area contributed by atoms with E-state index in [1.165, 1.54) is 21.9 Å². The molecule has 1 atom stereocenters. The Labute approximate surface area is 117 Å². The van der Waals surface area contributed by atoms with Crippen molar-refractivity contribution >= 4 is 10.0 Å². The molecule has 0 aromatic carbocycles. The molecule has 2 heterocycles. The highest BCUT2D eigenvalue weighted by Gasteiger charge is 2.24. The molecule has 9 heteroatoms. The van der Waals surface area contributed by atoms with Crippen molar-refractivity contribution in [2.45, 2.75) is 31.3 Å². The molecule has 0 spiro atoms. The van der Waals surface area contributed by atoms with Crippen LogP contribution in [0.5, 0.6) is 0 Å². The first-order chi connectivity index (χ1) is 9.38. The number of hydrogen-bond acceptors (Lipinski definition) is 5. The third kappa shape index (κ3) is 3.42. The van der Waals surface area contributed by atoms with E-state index in [4.69, 9.17) is 0 Å². The Balaban J connectivity index is 2.15. The second-order valence-corrected chi connectivity index (χ2v) is 6.62. The average Bonchev–Trinajstić information content (AvgIpc) is 2.99. The van der Waals surface area contributed by atoms with Gasteiger partial charge >= 0.3 is 0 Å². The molecular weight excluding hydrogens is 280 g/mol. The SMILES string of the molecule is CC(C)C(Cn1nccn1)NS(=O)(=O)c1cnn(C)c1. The predicted octanol–water partition coefficient (Wildman–Crippen LogP) is 0.0147. The standard InChI is InChI=1S/C11H18N6O2S/c1-9(2)11(8-17-12-4-5-13-17)15-20(18,19)10-6-14-16(3)7-10/h4-7,9,11,15H,8H2,1-3H3. The number of aromatic nitrogens is 5. The van der Waals surface area contributed by atoms with Gasteiger partial charge in [0.2, 0.25) is 10.0 Å². The number of hydrogen-bond donors (Lipinski definition) is 1. The van der Waals surface area contributed by atoms with Crippen LogP contribution in [0.25, 0.3) is 0 Å². The third-order valence-electron chi connectivity index (χ3n) is 2.93. The summed E-state index contributed by atoms with van der Waals surface area (Å²) in [6.45, 7) is 4.27. The normalized spacial score (nSPS) is 13.8. The van der Waals surface area contributed by atoms with Crippen LogP contribution in [0.2, 0.25) is 0 Å². The molecule has 20 heavy (non-hydrogen) atoms. The molecule has 0 fully saturated rings. The molecule has 0 saturated heterocycles. The summed E-state index contributed by atoms with van der Waals surface area (Å²) in [6, 6.07) is -0.299. The summed E-state index contributed by atoms with van der Waals surface area (Å²) in [5.41, 5.74) is 0. The van der Waals surface area contributed by atoms with Crippen LogP contribution < -0.4 is 4.72 Å². The lowest BCUT2D eigenvalue weighted by atomic mass is 10.1. The molecule has 1 unspecified atom stereocenters. The predicted molar refractivity (Wildman–Crippen MR) is 72.2 cm³/mol. The highest BCUT2D eigenvalue weighted by molar-refractivity contribution is 7.89. The van der Waals surface area contributed by atoms with Crippen molar-refractivity contribution < 1.29 is 8.42 Å². The van der Waals surface area contributed by atoms with Gasteiger partial charge in [0.1, 0.15) is 4.90 Å². The quantitative estimate of drug-likeness (QED) is 0.811. The van der Waals surface area contributed by atoms with E-state index < -0.39 is 10.0 Å². The maximum Gasteiger partial charge on any atom is 0.244 e. The Morgan fingerprint density at radius 1 is 1.25 bits per heavy atom. The molecule has 0 amide bonds. The Morgan fingerprint density at radius 3 is 2.40 bits per heavy atom. The monoisotopic (exact) mass is 298 g/mol. The summed E-state index contributed by atoms with van der Waals surface area (Å²) in [6.07, 6.45) is 5.91. The zero-order valence-electron chi connectivity index (χ0n) is 11.6. The summed E-state index contributed by atoms with van der Waals surface area (Å²) in [7, 11) is -1.92. The maximum absolute atomic E-state index is 12.3. The van der Waals surface area contributed by atoms with Gasteiger partial charge in [0.15, 0.2) is 0 Å². The summed E-state index contributed by atoms with van der Waals surface area (Å²) in [4.78, 5) is 1.62. The van der Waals surface area contributed by atoms with E-state index in [9.17, 15) is 8.42 Å². The van der Waals surface area contributed by atoms with Crippen molar-refractivity contribution in [2.75, 3.05) is 0 Å². The lowest BCUT2D eigenvalue weighted by Gasteiger charge is -2.21. The number of rotatable bonds is 6. The molecule has 2 aromatic rings. The van der Waals surface area contributed by atoms with Gasteiger partial charge < -0.3 is 0 Å². The Hall–Kier alpha value is -1.74. The Bertz CT molecular complexity index is 646. The van der Waals surface area contributed by atoms with Crippen LogP contribution in [0.1, 0.15) is 13.8 Å². The van der Waals surface area contributed by atoms with Gasteiger partial charge in [-0.25, -0.2) is 13.1 Å². The smallest absolute Gasteiger partial charge is 0.244 e. The third-order valence-corrected chi connectivity index (χ3v) is 4.37. The molecule has 2 aromatic heterocycles. The minimum absolute atomic E-state index is 0.104. The van der Waals surface area contributed by atoms with E-state index >= 15 is 0 Å². The van der Waals surface area contributed by atoms with Crippen LogP contribution in [-0.2, 0) is 23.6 Å². The van der Waals surface area contributed by atoms with E-state index in [0.29, 0.717) is 6.54 Å². The fraction of sp³-hybridized carbons (Fsp3) is 0.545. The fourth-order valence-electron chi connectivity index (χ4n) is 1.70. The maximum atomic E-state index is 12.3. The average molecular weight is 298 g/mol. The molecule has 1 N–H and O–H groups in total. The molecule has 0 aliphatic carbocycles. The molecule has 0 aliphatic rings. The van der Waals surface area contributed by atoms with E-state index in [-0.39, 0.29) is 16.9 Å². The Kier molecular flexibility index (Phi) is 4.19. The van der Waals surface area contributed by atoms with Gasteiger partial charge in [0, 0.05) is 19.3 Å². The van der Waals surface area contributed by atoms with Crippen LogP contribution in [0.4, 0.5) is 0 Å². The van der Waals surface area contributed by atoms with Crippen molar-refractivity contribution in [1.29, 1.82) is 0 Å². The van der Waals surface area contributed by atoms with Crippen molar-refractivity contribution in [2.24, 2.45) is 13.0 Å². The highest BCUT2D eigenvalue weighted by atomic mass is 32.2. The van der Waals surface area contributed by atoms with Gasteiger partial charge in [-0.05, 0) is 5.92 Å². The summed E-state index contributed by atoms with van der Waals surface area (Å²) < 4.78 is 28.7. The molecule has 0 saturated carbocycles. The first kappa shape index (κ1) is 14.7. The molecule has 8 nitrogen and oxygen atoms in total. The van der Waals surface area contributed by atoms with Crippen LogP contribution in [0.3, 0.4) is 0 Å². The van der Waals surface area contributed by atoms with Gasteiger partial charge in [-0.2, -0.15) is 20.1 Å². The van der Waals surface area contributed by atoms with Crippen LogP contribution in [-0.4, -0.2) is 39.2 Å². The van der Waals surface area contributed by atoms with E-state index in [2.05, 4.69) is 20.0 Å². The van der Waals surface area contributed by atoms with Gasteiger partial charge in [0.25, 0.3) is 0 Å². The van der Waals surface area contributed by atoms with Crippen molar-refractivity contribution in [1.82, 2.24) is 29.5 Å². The molecular formula is C11H18N6O2S. The number of nitrogens with zero attached hydrogens (tertiary/aromatic N) is 5. The Morgan fingerprint density at radius 2 is 1.90 bits per heavy atom. The van der Waals surface area contributed by atoms with Crippen molar-refractivity contribution in [3.8, 4) is 0 Å². The molecule has 2 rings (SSSR count). The van der Waals surface area contributed by atoms with Gasteiger partial charge in [0.05, 0.1) is 25.1 Å². The first-order valence-electron chi connectivity index (χ1n) is 6.23. The van der Waals surface area contributed by atoms with Crippen molar-refractivity contribution in [3.05, 3.63) is 24.8 Å². The van der Waals surface area contributed by atoms with Gasteiger partial charge in [-0.15, -0.1) is 0 Å². The first-order valence-corrected chi connectivity index (χ1v) is 7.72. The van der Waals surface area contributed by atoms with E-state index in [1.807, 2.05) is 13.8 Å². The zero-order chi connectivity index (χ0) is 14.8. The minimum atomic E-state index is -3.59. The topological polar surface area (TPSA) is 94.7 Å². The number of nitrogens with one attached hydrogen (secondary N) is 1. The van der Waals surface area contributed by atoms with Crippen molar-refractivity contribution in [3.63, 3.8) is 0 Å². The molecule has 0 bridgehead atoms. The van der Waals surface area contributed by atoms with E-state index in [1.54, 1.807) is 19.4 Å². The second kappa shape index (κ2) is 5.71. The molecule has 110 valence electrons. The number of aryl methyl sites for hydroxylation is 1. The zero-order valence-corrected chi connectivity index (χ0v) is 12.4. The van der Waals surface area contributed by atoms with Crippen LogP contribution in [0.15, 0.2) is 29.7 Å². The second-order valence-electron chi connectivity index (χ2n) is 4.91. The molecule has 0 aliphatic heterocycles. The van der Waals surface area contributed by atoms with Gasteiger partial charge in [-0.1, -0.05) is 13.8 Å². The fourth-order valence-corrected chi connectivity index (χ4v) is 3.06. The molecule has 0 radical (unpaired) electrons. The lowest BCUT2D eigenvalue weighted by molar-refractivity contribution is 0.361. The highest BCUT2D eigenvalue weighted by Crippen LogP contribution is 2.11. The van der Waals surface area contributed by atoms with Gasteiger partial charge in [-0.3, -0.25) is 4.68 Å².